The zero-order chi connectivity index (χ0) is 14.0. The summed E-state index contributed by atoms with van der Waals surface area (Å²) < 4.78 is 37.2. The summed E-state index contributed by atoms with van der Waals surface area (Å²) >= 11 is 0. The molecule has 3 unspecified atom stereocenters. The molecule has 20 heavy (non-hydrogen) atoms. The Labute approximate surface area is 114 Å². The maximum Gasteiger partial charge on any atom is 0.434 e. The Kier molecular flexibility index (Phi) is 2.38. The minimum atomic E-state index is -4.43. The van der Waals surface area contributed by atoms with Gasteiger partial charge in [0.2, 0.25) is 0 Å². The number of nitrogens with one attached hydrogen (secondary N) is 2. The molecule has 1 aromatic heterocycles. The van der Waals surface area contributed by atoms with Crippen LogP contribution in [0.5, 0.6) is 0 Å². The zero-order valence-electron chi connectivity index (χ0n) is 10.7. The van der Waals surface area contributed by atoms with E-state index in [2.05, 4.69) is 20.6 Å². The lowest BCUT2D eigenvalue weighted by atomic mass is 9.70. The molecule has 0 aromatic carbocycles. The van der Waals surface area contributed by atoms with E-state index >= 15 is 0 Å². The van der Waals surface area contributed by atoms with Gasteiger partial charge in [0, 0.05) is 5.54 Å². The molecule has 2 heterocycles. The lowest BCUT2D eigenvalue weighted by Gasteiger charge is -2.44. The van der Waals surface area contributed by atoms with Gasteiger partial charge in [-0.1, -0.05) is 0 Å². The number of nitrogens with zero attached hydrogens (tertiary/aromatic N) is 2. The molecule has 2 N–H and O–H groups in total. The van der Waals surface area contributed by atoms with Gasteiger partial charge in [-0.25, -0.2) is 9.97 Å². The van der Waals surface area contributed by atoms with Crippen LogP contribution in [0.3, 0.4) is 0 Å². The number of fused-ring (bicyclic) bond motifs is 1. The van der Waals surface area contributed by atoms with E-state index in [-0.39, 0.29) is 5.54 Å². The van der Waals surface area contributed by atoms with Crippen molar-refractivity contribution in [2.24, 2.45) is 17.8 Å². The van der Waals surface area contributed by atoms with Crippen LogP contribution >= 0.6 is 0 Å². The van der Waals surface area contributed by atoms with E-state index in [0.29, 0.717) is 11.7 Å². The van der Waals surface area contributed by atoms with Gasteiger partial charge in [0.25, 0.3) is 0 Å². The molecule has 2 aliphatic carbocycles. The molecule has 3 fully saturated rings. The van der Waals surface area contributed by atoms with Gasteiger partial charge in [0.1, 0.15) is 5.82 Å². The van der Waals surface area contributed by atoms with Gasteiger partial charge in [0.05, 0.1) is 12.4 Å². The van der Waals surface area contributed by atoms with Crippen LogP contribution in [0.15, 0.2) is 12.4 Å². The number of alkyl halides is 3. The fourth-order valence-electron chi connectivity index (χ4n) is 3.63. The largest absolute Gasteiger partial charge is 0.434 e. The second-order valence-corrected chi connectivity index (χ2v) is 6.16. The summed E-state index contributed by atoms with van der Waals surface area (Å²) in [4.78, 5) is 7.27. The van der Waals surface area contributed by atoms with Gasteiger partial charge in [-0.2, -0.15) is 13.2 Å². The molecule has 3 aliphatic rings. The van der Waals surface area contributed by atoms with Crippen LogP contribution in [-0.4, -0.2) is 28.6 Å². The van der Waals surface area contributed by atoms with E-state index < -0.39 is 11.9 Å². The molecular formula is C13H15F3N4. The summed E-state index contributed by atoms with van der Waals surface area (Å²) in [6.07, 6.45) is -0.234. The normalized spacial score (nSPS) is 35.8. The molecule has 0 spiro atoms. The Morgan fingerprint density at radius 1 is 1.20 bits per heavy atom. The van der Waals surface area contributed by atoms with Crippen LogP contribution in [0.1, 0.15) is 18.5 Å². The van der Waals surface area contributed by atoms with Crippen LogP contribution in [0.2, 0.25) is 0 Å². The van der Waals surface area contributed by atoms with E-state index in [1.54, 1.807) is 0 Å². The number of hydrogen-bond donors (Lipinski definition) is 2. The van der Waals surface area contributed by atoms with Gasteiger partial charge in [-0.3, -0.25) is 0 Å². The van der Waals surface area contributed by atoms with Crippen LogP contribution in [0, 0.1) is 17.8 Å². The van der Waals surface area contributed by atoms with Crippen LogP contribution in [-0.2, 0) is 6.18 Å². The highest BCUT2D eigenvalue weighted by molar-refractivity contribution is 5.44. The predicted octanol–water partition coefficient (Wildman–Crippen LogP) is 1.91. The molecule has 4 nitrogen and oxygen atoms in total. The molecule has 0 amide bonds. The van der Waals surface area contributed by atoms with Crippen molar-refractivity contribution in [1.82, 2.24) is 15.3 Å². The summed E-state index contributed by atoms with van der Waals surface area (Å²) in [6.45, 7) is 2.22. The van der Waals surface area contributed by atoms with Gasteiger partial charge in [-0.15, -0.1) is 0 Å². The lowest BCUT2D eigenvalue weighted by molar-refractivity contribution is -0.141. The van der Waals surface area contributed by atoms with Crippen molar-refractivity contribution in [1.29, 1.82) is 0 Å². The lowest BCUT2D eigenvalue weighted by Crippen LogP contribution is -2.53. The third kappa shape index (κ3) is 1.79. The Bertz CT molecular complexity index is 525. The van der Waals surface area contributed by atoms with Crippen LogP contribution in [0.4, 0.5) is 19.0 Å². The van der Waals surface area contributed by atoms with Crippen molar-refractivity contribution in [2.75, 3.05) is 18.4 Å². The van der Waals surface area contributed by atoms with E-state index in [0.717, 1.165) is 44.0 Å². The van der Waals surface area contributed by atoms with E-state index in [1.165, 1.54) is 6.20 Å². The Morgan fingerprint density at radius 3 is 2.50 bits per heavy atom. The third-order valence-electron chi connectivity index (χ3n) is 4.99. The Hall–Kier alpha value is -1.37. The van der Waals surface area contributed by atoms with Crippen molar-refractivity contribution in [3.63, 3.8) is 0 Å². The SMILES string of the molecule is FC(F)(F)c1cnc(NC23CC(C4CNC4)C2C3)cn1. The molecule has 108 valence electrons. The Balaban J connectivity index is 1.39. The van der Waals surface area contributed by atoms with Crippen molar-refractivity contribution in [3.05, 3.63) is 18.1 Å². The van der Waals surface area contributed by atoms with Crippen molar-refractivity contribution < 1.29 is 13.2 Å². The fraction of sp³-hybridized carbons (Fsp3) is 0.692. The molecule has 3 atom stereocenters. The first-order chi connectivity index (χ1) is 9.48. The number of anilines is 1. The highest BCUT2D eigenvalue weighted by Crippen LogP contribution is 2.67. The first-order valence-electron chi connectivity index (χ1n) is 6.86. The molecule has 1 saturated heterocycles. The molecule has 1 aliphatic heterocycles. The molecule has 1 aromatic rings. The quantitative estimate of drug-likeness (QED) is 0.890. The summed E-state index contributed by atoms with van der Waals surface area (Å²) in [6, 6.07) is 0. The number of aromatic nitrogens is 2. The zero-order valence-corrected chi connectivity index (χ0v) is 10.7. The fourth-order valence-corrected chi connectivity index (χ4v) is 3.63. The Morgan fingerprint density at radius 2 is 2.00 bits per heavy atom. The van der Waals surface area contributed by atoms with Crippen molar-refractivity contribution in [3.8, 4) is 0 Å². The molecule has 4 rings (SSSR count). The standard InChI is InChI=1S/C13H15F3N4/c14-13(15,16)10-5-19-11(6-18-10)20-12-1-8(9(12)2-12)7-3-17-4-7/h5-9,17H,1-4H2,(H,19,20). The van der Waals surface area contributed by atoms with Gasteiger partial charge in [0.15, 0.2) is 5.69 Å². The number of rotatable bonds is 3. The molecule has 2 saturated carbocycles. The molecule has 0 radical (unpaired) electrons. The maximum atomic E-state index is 12.4. The summed E-state index contributed by atoms with van der Waals surface area (Å²) in [5.41, 5.74) is -0.853. The minimum absolute atomic E-state index is 0.0920. The monoisotopic (exact) mass is 284 g/mol. The maximum absolute atomic E-state index is 12.4. The summed E-state index contributed by atoms with van der Waals surface area (Å²) in [5, 5.41) is 6.56. The predicted molar refractivity (Wildman–Crippen MR) is 66.0 cm³/mol. The second kappa shape index (κ2) is 3.84. The van der Waals surface area contributed by atoms with Crippen LogP contribution < -0.4 is 10.6 Å². The number of halogens is 3. The van der Waals surface area contributed by atoms with Gasteiger partial charge >= 0.3 is 6.18 Å². The van der Waals surface area contributed by atoms with Crippen molar-refractivity contribution >= 4 is 5.82 Å². The summed E-state index contributed by atoms with van der Waals surface area (Å²) in [5.74, 6) is 2.67. The summed E-state index contributed by atoms with van der Waals surface area (Å²) in [7, 11) is 0. The number of hydrogen-bond acceptors (Lipinski definition) is 4. The average molecular weight is 284 g/mol. The van der Waals surface area contributed by atoms with E-state index in [4.69, 9.17) is 0 Å². The first kappa shape index (κ1) is 12.4. The molecule has 0 bridgehead atoms. The van der Waals surface area contributed by atoms with Gasteiger partial charge < -0.3 is 10.6 Å². The first-order valence-corrected chi connectivity index (χ1v) is 6.86. The average Bonchev–Trinajstić information content (AvgIpc) is 2.88. The van der Waals surface area contributed by atoms with E-state index in [9.17, 15) is 13.2 Å². The van der Waals surface area contributed by atoms with Crippen LogP contribution in [0.25, 0.3) is 0 Å². The van der Waals surface area contributed by atoms with Crippen molar-refractivity contribution in [2.45, 2.75) is 24.6 Å². The molecule has 7 heteroatoms. The highest BCUT2D eigenvalue weighted by Gasteiger charge is 2.69. The minimum Gasteiger partial charge on any atom is -0.363 e. The molecular weight excluding hydrogens is 269 g/mol. The second-order valence-electron chi connectivity index (χ2n) is 6.16. The van der Waals surface area contributed by atoms with E-state index in [1.807, 2.05) is 0 Å². The highest BCUT2D eigenvalue weighted by atomic mass is 19.4. The third-order valence-corrected chi connectivity index (χ3v) is 4.99. The topological polar surface area (TPSA) is 49.8 Å². The smallest absolute Gasteiger partial charge is 0.363 e. The van der Waals surface area contributed by atoms with Gasteiger partial charge in [-0.05, 0) is 43.7 Å².